The summed E-state index contributed by atoms with van der Waals surface area (Å²) in [6.07, 6.45) is 5.87. The van der Waals surface area contributed by atoms with Crippen LogP contribution in [0.25, 0.3) is 0 Å². The van der Waals surface area contributed by atoms with Crippen LogP contribution in [0.5, 0.6) is 5.88 Å². The van der Waals surface area contributed by atoms with Gasteiger partial charge in [-0.15, -0.1) is 0 Å². The zero-order valence-corrected chi connectivity index (χ0v) is 20.6. The number of nitrogens with two attached hydrogens (primary N) is 1. The second-order valence-corrected chi connectivity index (χ2v) is 9.07. The van der Waals surface area contributed by atoms with E-state index in [9.17, 15) is 9.59 Å². The predicted molar refractivity (Wildman–Crippen MR) is 127 cm³/mol. The number of anilines is 1. The summed E-state index contributed by atoms with van der Waals surface area (Å²) in [5.41, 5.74) is 5.92. The number of likely N-dealkylation sites (tertiary alicyclic amines) is 1. The molecule has 190 valence electrons. The number of halogens is 1. The Bertz CT molecular complexity index is 836. The molecule has 0 spiro atoms. The molecule has 0 aromatic carbocycles. The molecule has 1 aromatic rings. The molecule has 1 aliphatic carbocycles. The number of amides is 1. The standard InChI is InChI=1S/C23H35ClN4O6/c1-31-19-13-28(10-11-33-14-20(29)34-15-6-4-3-5-7-15)9-8-18(19)26-22(30)16-12-17(24)21(25)27-23(16)32-2/h12,15,18-19H,3-11,13-14H2,1-2H3,(H2,25,27)(H,26,30)/t18-,19+/m0/s1. The SMILES string of the molecule is COc1nc(N)c(Cl)cc1C(=O)N[C@H]1CCN(CCOCC(=O)OC2CCCCC2)C[C@H]1OC. The number of esters is 1. The monoisotopic (exact) mass is 498 g/mol. The lowest BCUT2D eigenvalue weighted by Gasteiger charge is -2.38. The fraction of sp³-hybridized carbons (Fsp3) is 0.696. The smallest absolute Gasteiger partial charge is 0.332 e. The minimum Gasteiger partial charge on any atom is -0.480 e. The fourth-order valence-corrected chi connectivity index (χ4v) is 4.54. The molecule has 3 N–H and O–H groups in total. The molecule has 1 aromatic heterocycles. The third kappa shape index (κ3) is 7.43. The highest BCUT2D eigenvalue weighted by atomic mass is 35.5. The van der Waals surface area contributed by atoms with Gasteiger partial charge in [0.25, 0.3) is 5.91 Å². The summed E-state index contributed by atoms with van der Waals surface area (Å²) in [4.78, 5) is 31.0. The highest BCUT2D eigenvalue weighted by Crippen LogP contribution is 2.25. The molecular weight excluding hydrogens is 464 g/mol. The van der Waals surface area contributed by atoms with Crippen LogP contribution in [0, 0.1) is 0 Å². The van der Waals surface area contributed by atoms with Crippen LogP contribution in [0.2, 0.25) is 5.02 Å². The van der Waals surface area contributed by atoms with Gasteiger partial charge in [-0.25, -0.2) is 4.79 Å². The molecule has 1 amide bonds. The van der Waals surface area contributed by atoms with E-state index in [1.54, 1.807) is 7.11 Å². The van der Waals surface area contributed by atoms with E-state index in [2.05, 4.69) is 15.2 Å². The highest BCUT2D eigenvalue weighted by molar-refractivity contribution is 6.33. The topological polar surface area (TPSA) is 125 Å². The molecule has 0 unspecified atom stereocenters. The summed E-state index contributed by atoms with van der Waals surface area (Å²) in [6, 6.07) is 1.26. The second kappa shape index (κ2) is 13.1. The average molecular weight is 499 g/mol. The minimum absolute atomic E-state index is 0.0310. The van der Waals surface area contributed by atoms with Gasteiger partial charge in [0.15, 0.2) is 0 Å². The maximum Gasteiger partial charge on any atom is 0.332 e. The number of nitrogens with one attached hydrogen (secondary N) is 1. The number of hydrogen-bond donors (Lipinski definition) is 2. The Morgan fingerprint density at radius 3 is 2.71 bits per heavy atom. The Hall–Kier alpha value is -2.14. The van der Waals surface area contributed by atoms with Gasteiger partial charge in [-0.05, 0) is 38.2 Å². The summed E-state index contributed by atoms with van der Waals surface area (Å²) >= 11 is 6.04. The number of carbonyl (C=O) groups is 2. The number of rotatable bonds is 10. The number of hydrogen-bond acceptors (Lipinski definition) is 9. The first-order chi connectivity index (χ1) is 16.4. The van der Waals surface area contributed by atoms with Crippen LogP contribution in [0.15, 0.2) is 6.07 Å². The zero-order chi connectivity index (χ0) is 24.5. The second-order valence-electron chi connectivity index (χ2n) is 8.66. The highest BCUT2D eigenvalue weighted by Gasteiger charge is 2.31. The van der Waals surface area contributed by atoms with Gasteiger partial charge >= 0.3 is 5.97 Å². The van der Waals surface area contributed by atoms with Gasteiger partial charge in [0.05, 0.1) is 30.9 Å². The number of aromatic nitrogens is 1. The first-order valence-electron chi connectivity index (χ1n) is 11.7. The van der Waals surface area contributed by atoms with E-state index in [4.69, 9.17) is 36.3 Å². The lowest BCUT2D eigenvalue weighted by molar-refractivity contribution is -0.156. The minimum atomic E-state index is -0.355. The largest absolute Gasteiger partial charge is 0.480 e. The van der Waals surface area contributed by atoms with Crippen molar-refractivity contribution in [1.82, 2.24) is 15.2 Å². The molecule has 11 heteroatoms. The van der Waals surface area contributed by atoms with Crippen molar-refractivity contribution in [2.75, 3.05) is 52.8 Å². The molecule has 0 radical (unpaired) electrons. The average Bonchev–Trinajstić information content (AvgIpc) is 2.84. The molecule has 2 aliphatic rings. The Kier molecular flexibility index (Phi) is 10.2. The molecule has 1 aliphatic heterocycles. The fourth-order valence-electron chi connectivity index (χ4n) is 4.39. The van der Waals surface area contributed by atoms with E-state index in [1.165, 1.54) is 19.6 Å². The molecule has 2 fully saturated rings. The lowest BCUT2D eigenvalue weighted by atomic mass is 9.98. The Morgan fingerprint density at radius 2 is 2.00 bits per heavy atom. The third-order valence-corrected chi connectivity index (χ3v) is 6.59. The summed E-state index contributed by atoms with van der Waals surface area (Å²) in [6.45, 7) is 2.41. The van der Waals surface area contributed by atoms with Crippen molar-refractivity contribution >= 4 is 29.3 Å². The van der Waals surface area contributed by atoms with Crippen molar-refractivity contribution in [3.8, 4) is 5.88 Å². The van der Waals surface area contributed by atoms with E-state index < -0.39 is 0 Å². The van der Waals surface area contributed by atoms with Crippen LogP contribution in [0.4, 0.5) is 5.82 Å². The molecule has 10 nitrogen and oxygen atoms in total. The van der Waals surface area contributed by atoms with E-state index in [1.807, 2.05) is 0 Å². The first-order valence-corrected chi connectivity index (χ1v) is 12.1. The summed E-state index contributed by atoms with van der Waals surface area (Å²) in [5, 5.41) is 3.18. The van der Waals surface area contributed by atoms with E-state index in [0.717, 1.165) is 32.2 Å². The molecule has 2 heterocycles. The van der Waals surface area contributed by atoms with Crippen molar-refractivity contribution < 1.29 is 28.5 Å². The van der Waals surface area contributed by atoms with Crippen LogP contribution in [-0.4, -0.2) is 87.1 Å². The number of methoxy groups -OCH3 is 2. The van der Waals surface area contributed by atoms with Crippen LogP contribution in [0.3, 0.4) is 0 Å². The maximum atomic E-state index is 12.9. The molecular formula is C23H35ClN4O6. The van der Waals surface area contributed by atoms with Crippen molar-refractivity contribution in [2.45, 2.75) is 56.8 Å². The Labute approximate surface area is 205 Å². The number of nitrogen functional groups attached to an aromatic ring is 1. The normalized spacial score (nSPS) is 21.7. The van der Waals surface area contributed by atoms with E-state index >= 15 is 0 Å². The van der Waals surface area contributed by atoms with E-state index in [-0.39, 0.29) is 59.0 Å². The molecule has 3 rings (SSSR count). The number of pyridine rings is 1. The van der Waals surface area contributed by atoms with Crippen LogP contribution in [0.1, 0.15) is 48.9 Å². The Morgan fingerprint density at radius 1 is 1.24 bits per heavy atom. The molecule has 1 saturated carbocycles. The van der Waals surface area contributed by atoms with Crippen molar-refractivity contribution in [1.29, 1.82) is 0 Å². The van der Waals surface area contributed by atoms with Gasteiger partial charge in [-0.1, -0.05) is 18.0 Å². The van der Waals surface area contributed by atoms with Gasteiger partial charge in [-0.2, -0.15) is 4.98 Å². The van der Waals surface area contributed by atoms with Crippen molar-refractivity contribution in [3.63, 3.8) is 0 Å². The number of piperidine rings is 1. The molecule has 34 heavy (non-hydrogen) atoms. The van der Waals surface area contributed by atoms with Gasteiger partial charge in [0.1, 0.15) is 24.1 Å². The Balaban J connectivity index is 1.42. The van der Waals surface area contributed by atoms with Crippen molar-refractivity contribution in [3.05, 3.63) is 16.7 Å². The number of nitrogens with zero attached hydrogens (tertiary/aromatic N) is 2. The van der Waals surface area contributed by atoms with E-state index in [0.29, 0.717) is 26.1 Å². The van der Waals surface area contributed by atoms with Gasteiger partial charge in [0.2, 0.25) is 5.88 Å². The summed E-state index contributed by atoms with van der Waals surface area (Å²) in [5.74, 6) is -0.435. The molecule has 1 saturated heterocycles. The van der Waals surface area contributed by atoms with Gasteiger partial charge in [0, 0.05) is 26.7 Å². The quantitative estimate of drug-likeness (QED) is 0.368. The lowest BCUT2D eigenvalue weighted by Crippen LogP contribution is -2.55. The van der Waals surface area contributed by atoms with Crippen LogP contribution < -0.4 is 15.8 Å². The van der Waals surface area contributed by atoms with Gasteiger partial charge < -0.3 is 30.0 Å². The first kappa shape index (κ1) is 26.5. The van der Waals surface area contributed by atoms with Crippen LogP contribution >= 0.6 is 11.6 Å². The summed E-state index contributed by atoms with van der Waals surface area (Å²) < 4.78 is 21.8. The van der Waals surface area contributed by atoms with Gasteiger partial charge in [-0.3, -0.25) is 9.69 Å². The molecule has 0 bridgehead atoms. The maximum absolute atomic E-state index is 12.9. The third-order valence-electron chi connectivity index (χ3n) is 6.29. The van der Waals surface area contributed by atoms with Crippen molar-refractivity contribution in [2.24, 2.45) is 0 Å². The summed E-state index contributed by atoms with van der Waals surface area (Å²) in [7, 11) is 3.04. The van der Waals surface area contributed by atoms with Crippen LogP contribution in [-0.2, 0) is 19.0 Å². The molecule has 2 atom stereocenters. The number of ether oxygens (including phenoxy) is 4. The zero-order valence-electron chi connectivity index (χ0n) is 19.9. The number of carbonyl (C=O) groups excluding carboxylic acids is 2. The predicted octanol–water partition coefficient (Wildman–Crippen LogP) is 2.04.